The number of alkyl halides is 2. The van der Waals surface area contributed by atoms with Crippen molar-refractivity contribution in [2.75, 3.05) is 0 Å². The zero-order chi connectivity index (χ0) is 32.7. The van der Waals surface area contributed by atoms with Crippen LogP contribution in [0, 0.1) is 17.5 Å². The van der Waals surface area contributed by atoms with Crippen molar-refractivity contribution in [3.05, 3.63) is 125 Å². The molecular formula is C40H41F5O. The molecule has 0 spiro atoms. The van der Waals surface area contributed by atoms with E-state index < -0.39 is 29.7 Å². The molecule has 4 aromatic rings. The number of hydrogen-bond acceptors (Lipinski definition) is 1. The summed E-state index contributed by atoms with van der Waals surface area (Å²) in [6.45, 7) is 4.09. The lowest BCUT2D eigenvalue weighted by molar-refractivity contribution is -0.277. The summed E-state index contributed by atoms with van der Waals surface area (Å²) >= 11 is 0. The fourth-order valence-electron chi connectivity index (χ4n) is 6.25. The Kier molecular flexibility index (Phi) is 11.1. The van der Waals surface area contributed by atoms with Crippen LogP contribution >= 0.6 is 0 Å². The molecule has 0 radical (unpaired) electrons. The van der Waals surface area contributed by atoms with Crippen LogP contribution in [-0.4, -0.2) is 6.10 Å². The molecular weight excluding hydrogens is 591 g/mol. The molecule has 5 rings (SSSR count). The molecule has 0 amide bonds. The minimum absolute atomic E-state index is 0.0172. The summed E-state index contributed by atoms with van der Waals surface area (Å²) in [5, 5.41) is 0. The van der Waals surface area contributed by atoms with Crippen molar-refractivity contribution in [1.29, 1.82) is 0 Å². The molecule has 0 atom stereocenters. The van der Waals surface area contributed by atoms with Crippen molar-refractivity contribution in [3.8, 4) is 22.3 Å². The van der Waals surface area contributed by atoms with Crippen molar-refractivity contribution in [2.24, 2.45) is 0 Å². The standard InChI is InChI=1S/C40H41F5O/c1-3-5-7-8-27-10-18-33(19-11-27)40(44,45)46-34-20-14-28(15-21-34)30-16-22-35(38(42)24-30)32-17-23-36(39(43)26-32)31-13-12-29(9-6-4-2)37(41)25-31/h6,9-13,16-19,22-26,28,34H,3-5,7-8,14-15,20-21H2,1-2H3. The predicted octanol–water partition coefficient (Wildman–Crippen LogP) is 12.4. The first-order chi connectivity index (χ1) is 22.2. The number of aryl methyl sites for hydroxylation is 1. The summed E-state index contributed by atoms with van der Waals surface area (Å²) in [5.41, 5.74) is 3.40. The van der Waals surface area contributed by atoms with Crippen LogP contribution in [0.4, 0.5) is 22.0 Å². The van der Waals surface area contributed by atoms with Crippen LogP contribution in [0.5, 0.6) is 0 Å². The highest BCUT2D eigenvalue weighted by molar-refractivity contribution is 5.72. The second-order valence-corrected chi connectivity index (χ2v) is 12.2. The lowest BCUT2D eigenvalue weighted by atomic mass is 9.82. The molecule has 0 heterocycles. The first kappa shape index (κ1) is 33.6. The van der Waals surface area contributed by atoms with Crippen LogP contribution < -0.4 is 0 Å². The van der Waals surface area contributed by atoms with Crippen LogP contribution in [-0.2, 0) is 17.3 Å². The third-order valence-corrected chi connectivity index (χ3v) is 8.94. The SMILES string of the molecule is CCC=Cc1ccc(-c2ccc(-c3ccc(C4CCC(OC(F)(F)c5ccc(CCCCC)cc5)CC4)cc3F)cc2F)cc1F. The van der Waals surface area contributed by atoms with E-state index in [1.54, 1.807) is 42.5 Å². The Morgan fingerprint density at radius 3 is 1.96 bits per heavy atom. The van der Waals surface area contributed by atoms with Crippen molar-refractivity contribution >= 4 is 6.08 Å². The quantitative estimate of drug-likeness (QED) is 0.112. The average Bonchev–Trinajstić information content (AvgIpc) is 3.05. The molecule has 0 saturated heterocycles. The molecule has 242 valence electrons. The molecule has 1 nitrogen and oxygen atoms in total. The highest BCUT2D eigenvalue weighted by atomic mass is 19.3. The molecule has 1 aliphatic carbocycles. The highest BCUT2D eigenvalue weighted by Crippen LogP contribution is 2.40. The van der Waals surface area contributed by atoms with Crippen LogP contribution in [0.3, 0.4) is 0 Å². The van der Waals surface area contributed by atoms with E-state index in [4.69, 9.17) is 4.74 Å². The third-order valence-electron chi connectivity index (χ3n) is 8.94. The highest BCUT2D eigenvalue weighted by Gasteiger charge is 2.37. The van der Waals surface area contributed by atoms with E-state index in [0.717, 1.165) is 43.2 Å². The van der Waals surface area contributed by atoms with Gasteiger partial charge < -0.3 is 4.74 Å². The van der Waals surface area contributed by atoms with Gasteiger partial charge in [-0.15, -0.1) is 0 Å². The first-order valence-corrected chi connectivity index (χ1v) is 16.4. The monoisotopic (exact) mass is 632 g/mol. The summed E-state index contributed by atoms with van der Waals surface area (Å²) in [6, 6.07) is 20.4. The summed E-state index contributed by atoms with van der Waals surface area (Å²) < 4.78 is 80.3. The Labute approximate surface area is 269 Å². The molecule has 46 heavy (non-hydrogen) atoms. The Bertz CT molecular complexity index is 1630. The van der Waals surface area contributed by atoms with Gasteiger partial charge in [0.05, 0.1) is 11.7 Å². The zero-order valence-corrected chi connectivity index (χ0v) is 26.5. The molecule has 1 saturated carbocycles. The van der Waals surface area contributed by atoms with Gasteiger partial charge in [0.2, 0.25) is 0 Å². The van der Waals surface area contributed by atoms with Gasteiger partial charge >= 0.3 is 6.11 Å². The maximum Gasteiger partial charge on any atom is 0.383 e. The summed E-state index contributed by atoms with van der Waals surface area (Å²) in [5.74, 6) is -1.48. The van der Waals surface area contributed by atoms with Crippen molar-refractivity contribution in [3.63, 3.8) is 0 Å². The van der Waals surface area contributed by atoms with E-state index >= 15 is 8.78 Å². The van der Waals surface area contributed by atoms with E-state index in [-0.39, 0.29) is 22.6 Å². The van der Waals surface area contributed by atoms with Gasteiger partial charge in [-0.25, -0.2) is 13.2 Å². The second-order valence-electron chi connectivity index (χ2n) is 12.2. The van der Waals surface area contributed by atoms with Gasteiger partial charge in [0.1, 0.15) is 17.5 Å². The van der Waals surface area contributed by atoms with Crippen LogP contribution in [0.15, 0.2) is 84.9 Å². The second kappa shape index (κ2) is 15.2. The van der Waals surface area contributed by atoms with Gasteiger partial charge in [-0.1, -0.05) is 99.5 Å². The Morgan fingerprint density at radius 2 is 1.35 bits per heavy atom. The summed E-state index contributed by atoms with van der Waals surface area (Å²) in [7, 11) is 0. The van der Waals surface area contributed by atoms with Crippen molar-refractivity contribution < 1.29 is 26.7 Å². The van der Waals surface area contributed by atoms with Gasteiger partial charge in [-0.3, -0.25) is 0 Å². The number of allylic oxidation sites excluding steroid dienone is 1. The molecule has 0 aromatic heterocycles. The van der Waals surface area contributed by atoms with E-state index in [2.05, 4.69) is 6.92 Å². The minimum atomic E-state index is -3.37. The number of rotatable bonds is 12. The van der Waals surface area contributed by atoms with Gasteiger partial charge in [0.15, 0.2) is 0 Å². The predicted molar refractivity (Wildman–Crippen MR) is 176 cm³/mol. The van der Waals surface area contributed by atoms with Gasteiger partial charge in [0.25, 0.3) is 0 Å². The third kappa shape index (κ3) is 8.14. The fourth-order valence-corrected chi connectivity index (χ4v) is 6.25. The van der Waals surface area contributed by atoms with Crippen LogP contribution in [0.25, 0.3) is 28.3 Å². The zero-order valence-electron chi connectivity index (χ0n) is 26.5. The van der Waals surface area contributed by atoms with E-state index in [1.165, 1.54) is 36.4 Å². The first-order valence-electron chi connectivity index (χ1n) is 16.4. The van der Waals surface area contributed by atoms with E-state index in [1.807, 2.05) is 19.1 Å². The average molecular weight is 633 g/mol. The van der Waals surface area contributed by atoms with Gasteiger partial charge in [0, 0.05) is 16.7 Å². The van der Waals surface area contributed by atoms with E-state index in [9.17, 15) is 13.2 Å². The molecule has 0 N–H and O–H groups in total. The van der Waals surface area contributed by atoms with Crippen molar-refractivity contribution in [2.45, 2.75) is 89.8 Å². The van der Waals surface area contributed by atoms with Gasteiger partial charge in [-0.05, 0) is 91.3 Å². The molecule has 1 fully saturated rings. The Balaban J connectivity index is 1.20. The van der Waals surface area contributed by atoms with Crippen LogP contribution in [0.2, 0.25) is 0 Å². The maximum atomic E-state index is 15.3. The van der Waals surface area contributed by atoms with E-state index in [0.29, 0.717) is 42.4 Å². The summed E-state index contributed by atoms with van der Waals surface area (Å²) in [6.07, 6.45) is 6.61. The molecule has 0 bridgehead atoms. The fraction of sp³-hybridized carbons (Fsp3) is 0.350. The molecule has 0 aliphatic heterocycles. The molecule has 4 aromatic carbocycles. The maximum absolute atomic E-state index is 15.3. The largest absolute Gasteiger partial charge is 0.383 e. The number of hydrogen-bond donors (Lipinski definition) is 0. The van der Waals surface area contributed by atoms with Crippen LogP contribution in [0.1, 0.15) is 93.4 Å². The Hall–Kier alpha value is -3.77. The van der Waals surface area contributed by atoms with Crippen molar-refractivity contribution in [1.82, 2.24) is 0 Å². The number of ether oxygens (including phenoxy) is 1. The Morgan fingerprint density at radius 1 is 0.717 bits per heavy atom. The topological polar surface area (TPSA) is 9.23 Å². The summed E-state index contributed by atoms with van der Waals surface area (Å²) in [4.78, 5) is 0. The molecule has 1 aliphatic rings. The smallest absolute Gasteiger partial charge is 0.313 e. The van der Waals surface area contributed by atoms with Gasteiger partial charge in [-0.2, -0.15) is 8.78 Å². The minimum Gasteiger partial charge on any atom is -0.313 e. The molecule has 6 heteroatoms. The lowest BCUT2D eigenvalue weighted by Gasteiger charge is -2.31. The number of unbranched alkanes of at least 4 members (excludes halogenated alkanes) is 2. The number of halogens is 5. The normalized spacial score (nSPS) is 17.1. The number of benzene rings is 4. The lowest BCUT2D eigenvalue weighted by Crippen LogP contribution is -2.29. The molecule has 0 unspecified atom stereocenters.